The maximum atomic E-state index is 5.78. The van der Waals surface area contributed by atoms with Crippen LogP contribution < -0.4 is 0 Å². The van der Waals surface area contributed by atoms with Crippen LogP contribution in [-0.4, -0.2) is 5.71 Å². The van der Waals surface area contributed by atoms with E-state index in [0.717, 1.165) is 49.9 Å². The number of hydrogen-bond acceptors (Lipinski definition) is 1. The molecule has 0 spiro atoms. The van der Waals surface area contributed by atoms with Gasteiger partial charge in [-0.2, -0.15) is 0 Å². The molecule has 312 valence electrons. The number of rotatable bonds is 11. The quantitative estimate of drug-likeness (QED) is 0.0912. The van der Waals surface area contributed by atoms with Crippen molar-refractivity contribution in [3.63, 3.8) is 0 Å². The smallest absolute Gasteiger partial charge is 0.0661 e. The topological polar surface area (TPSA) is 12.4 Å². The molecule has 2 atom stereocenters. The van der Waals surface area contributed by atoms with Crippen LogP contribution in [0.3, 0.4) is 0 Å². The predicted octanol–water partition coefficient (Wildman–Crippen LogP) is 15.8. The first-order chi connectivity index (χ1) is 31.1. The molecule has 0 amide bonds. The summed E-state index contributed by atoms with van der Waals surface area (Å²) in [4.78, 5) is 5.78. The van der Waals surface area contributed by atoms with Crippen molar-refractivity contribution in [2.24, 2.45) is 10.4 Å². The standard InChI is InChI=1S/C62H59N/c1-60(62(54-35-17-6-18-36-54,55-37-19-7-20-38-55)56-39-21-8-22-40-56)42-24-28-49(46-60)59-45-50(47-25-9-2-10-26-47)44-58(63-59)48-27-23-41-57(43-48)61(51-29-11-3-12-30-51,52-31-13-4-14-32-52)53-33-15-5-16-34-53/h2-4,6-7,9-14,17-20,23-33,35-39,41-43,45,50H,5,8,15-16,21-22,34,40,44,46H2,1H3. The van der Waals surface area contributed by atoms with Crippen LogP contribution in [0.15, 0.2) is 240 Å². The van der Waals surface area contributed by atoms with Crippen molar-refractivity contribution >= 4 is 5.71 Å². The molecule has 1 heterocycles. The molecule has 1 aliphatic heterocycles. The van der Waals surface area contributed by atoms with E-state index < -0.39 is 5.41 Å². The fourth-order valence-electron chi connectivity index (χ4n) is 11.9. The minimum atomic E-state index is -0.407. The van der Waals surface area contributed by atoms with E-state index in [1.807, 2.05) is 0 Å². The molecule has 6 aromatic rings. The lowest BCUT2D eigenvalue weighted by Gasteiger charge is -2.52. The summed E-state index contributed by atoms with van der Waals surface area (Å²) in [6.45, 7) is 2.52. The Morgan fingerprint density at radius 2 is 1.06 bits per heavy atom. The highest BCUT2D eigenvalue weighted by atomic mass is 14.8. The number of aliphatic imine (C=N–C) groups is 1. The molecule has 0 aromatic heterocycles. The van der Waals surface area contributed by atoms with Crippen LogP contribution in [0.4, 0.5) is 0 Å². The molecule has 0 N–H and O–H groups in total. The fraction of sp³-hybridized carbons (Fsp3) is 0.242. The van der Waals surface area contributed by atoms with E-state index in [1.54, 1.807) is 5.57 Å². The van der Waals surface area contributed by atoms with Crippen LogP contribution in [0.25, 0.3) is 0 Å². The maximum absolute atomic E-state index is 5.78. The molecule has 1 nitrogen and oxygen atoms in total. The van der Waals surface area contributed by atoms with E-state index in [2.05, 4.69) is 219 Å². The Balaban J connectivity index is 1.12. The highest BCUT2D eigenvalue weighted by Gasteiger charge is 2.52. The minimum absolute atomic E-state index is 0.193. The lowest BCUT2D eigenvalue weighted by Crippen LogP contribution is -2.47. The highest BCUT2D eigenvalue weighted by Crippen LogP contribution is 2.59. The monoisotopic (exact) mass is 817 g/mol. The number of allylic oxidation sites excluding steroid dienone is 9. The van der Waals surface area contributed by atoms with Gasteiger partial charge in [0.15, 0.2) is 0 Å². The van der Waals surface area contributed by atoms with Crippen LogP contribution in [0, 0.1) is 5.41 Å². The first-order valence-electron chi connectivity index (χ1n) is 23.5. The van der Waals surface area contributed by atoms with E-state index >= 15 is 0 Å². The summed E-state index contributed by atoms with van der Waals surface area (Å²) in [5.74, 6) is 0.193. The lowest BCUT2D eigenvalue weighted by atomic mass is 9.50. The third-order valence-electron chi connectivity index (χ3n) is 14.8. The molecule has 1 heteroatoms. The van der Waals surface area contributed by atoms with Gasteiger partial charge in [-0.25, -0.2) is 0 Å². The summed E-state index contributed by atoms with van der Waals surface area (Å²) in [7, 11) is 0. The first kappa shape index (κ1) is 40.7. The van der Waals surface area contributed by atoms with Crippen molar-refractivity contribution < 1.29 is 0 Å². The second-order valence-corrected chi connectivity index (χ2v) is 18.5. The van der Waals surface area contributed by atoms with E-state index in [4.69, 9.17) is 4.99 Å². The third-order valence-corrected chi connectivity index (χ3v) is 14.8. The Morgan fingerprint density at radius 1 is 0.540 bits per heavy atom. The van der Waals surface area contributed by atoms with Crippen molar-refractivity contribution in [1.82, 2.24) is 0 Å². The second-order valence-electron chi connectivity index (χ2n) is 18.5. The Hall–Kier alpha value is -6.31. The van der Waals surface area contributed by atoms with Gasteiger partial charge in [0.25, 0.3) is 0 Å². The van der Waals surface area contributed by atoms with Gasteiger partial charge in [-0.1, -0.05) is 224 Å². The van der Waals surface area contributed by atoms with Crippen LogP contribution in [0.5, 0.6) is 0 Å². The molecule has 6 aromatic carbocycles. The van der Waals surface area contributed by atoms with Gasteiger partial charge in [-0.3, -0.25) is 4.99 Å². The minimum Gasteiger partial charge on any atom is -0.253 e. The normalized spacial score (nSPS) is 20.5. The van der Waals surface area contributed by atoms with Gasteiger partial charge in [0, 0.05) is 23.5 Å². The maximum Gasteiger partial charge on any atom is 0.0661 e. The molecule has 0 saturated heterocycles. The Labute approximate surface area is 376 Å². The SMILES string of the molecule is CC1(C(C2=CCCCC2)(c2ccccc2)c2ccccc2)C=CC=C(C2=CC(c3ccccc3)CC(c3cccc(C(C4=CCCCC4)(c4ccccc4)c4ccccc4)c3)=N2)C1. The van der Waals surface area contributed by atoms with Crippen LogP contribution in [-0.2, 0) is 10.8 Å². The van der Waals surface area contributed by atoms with Crippen LogP contribution >= 0.6 is 0 Å². The zero-order chi connectivity index (χ0) is 42.5. The Bertz CT molecular complexity index is 2630. The summed E-state index contributed by atoms with van der Waals surface area (Å²) in [6, 6.07) is 65.8. The molecule has 63 heavy (non-hydrogen) atoms. The largest absolute Gasteiger partial charge is 0.253 e. The zero-order valence-corrected chi connectivity index (χ0v) is 36.8. The summed E-state index contributed by atoms with van der Waals surface area (Å²) >= 11 is 0. The molecule has 4 aliphatic rings. The van der Waals surface area contributed by atoms with E-state index in [-0.39, 0.29) is 16.7 Å². The van der Waals surface area contributed by atoms with Gasteiger partial charge in [0.2, 0.25) is 0 Å². The molecule has 3 aliphatic carbocycles. The molecule has 0 radical (unpaired) electrons. The van der Waals surface area contributed by atoms with Gasteiger partial charge >= 0.3 is 0 Å². The van der Waals surface area contributed by atoms with Crippen molar-refractivity contribution in [3.05, 3.63) is 274 Å². The molecule has 0 fully saturated rings. The van der Waals surface area contributed by atoms with Crippen molar-refractivity contribution in [3.8, 4) is 0 Å². The highest BCUT2D eigenvalue weighted by molar-refractivity contribution is 6.03. The van der Waals surface area contributed by atoms with Gasteiger partial charge in [0.1, 0.15) is 0 Å². The van der Waals surface area contributed by atoms with Gasteiger partial charge in [-0.05, 0) is 108 Å². The first-order valence-corrected chi connectivity index (χ1v) is 23.5. The van der Waals surface area contributed by atoms with Gasteiger partial charge in [-0.15, -0.1) is 0 Å². The molecule has 0 saturated carbocycles. The summed E-state index contributed by atoms with van der Waals surface area (Å²) in [6.07, 6.45) is 25.9. The second kappa shape index (κ2) is 17.8. The van der Waals surface area contributed by atoms with E-state index in [9.17, 15) is 0 Å². The summed E-state index contributed by atoms with van der Waals surface area (Å²) in [5, 5.41) is 0. The Morgan fingerprint density at radius 3 is 1.62 bits per heavy atom. The third kappa shape index (κ3) is 7.46. The summed E-state index contributed by atoms with van der Waals surface area (Å²) < 4.78 is 0. The molecule has 2 unspecified atom stereocenters. The average molecular weight is 818 g/mol. The zero-order valence-electron chi connectivity index (χ0n) is 36.8. The van der Waals surface area contributed by atoms with Crippen LogP contribution in [0.1, 0.15) is 116 Å². The Kier molecular flexibility index (Phi) is 11.5. The molecule has 10 rings (SSSR count). The van der Waals surface area contributed by atoms with Crippen molar-refractivity contribution in [1.29, 1.82) is 0 Å². The van der Waals surface area contributed by atoms with Crippen molar-refractivity contribution in [2.75, 3.05) is 0 Å². The van der Waals surface area contributed by atoms with Crippen LogP contribution in [0.2, 0.25) is 0 Å². The van der Waals surface area contributed by atoms with E-state index in [1.165, 1.54) is 75.8 Å². The predicted molar refractivity (Wildman–Crippen MR) is 264 cm³/mol. The van der Waals surface area contributed by atoms with Crippen molar-refractivity contribution in [2.45, 2.75) is 87.9 Å². The summed E-state index contributed by atoms with van der Waals surface area (Å²) in [5.41, 5.74) is 14.8. The molecular formula is C62H59N. The average Bonchev–Trinajstić information content (AvgIpc) is 3.37. The number of nitrogens with zero attached hydrogens (tertiary/aromatic N) is 1. The van der Waals surface area contributed by atoms with E-state index in [0.29, 0.717) is 0 Å². The number of benzene rings is 6. The van der Waals surface area contributed by atoms with Gasteiger partial charge < -0.3 is 0 Å². The fourth-order valence-corrected chi connectivity index (χ4v) is 11.9. The molecular weight excluding hydrogens is 759 g/mol. The number of hydrogen-bond donors (Lipinski definition) is 0. The van der Waals surface area contributed by atoms with Gasteiger partial charge in [0.05, 0.1) is 16.5 Å². The molecule has 0 bridgehead atoms. The lowest BCUT2D eigenvalue weighted by molar-refractivity contribution is 0.267.